The van der Waals surface area contributed by atoms with E-state index < -0.39 is 72.6 Å². The summed E-state index contributed by atoms with van der Waals surface area (Å²) in [5, 5.41) is 24.5. The molecule has 0 aromatic heterocycles. The summed E-state index contributed by atoms with van der Waals surface area (Å²) in [7, 11) is -0.644. The number of hydrogen-bond acceptors (Lipinski definition) is 10. The normalized spacial score (nSPS) is 26.6. The molecule has 2 saturated heterocycles. The van der Waals surface area contributed by atoms with E-state index in [1.54, 1.807) is 4.90 Å². The van der Waals surface area contributed by atoms with Gasteiger partial charge in [0.1, 0.15) is 24.2 Å². The third-order valence-corrected chi connectivity index (χ3v) is 14.3. The number of hydrogen-bond donors (Lipinski definition) is 8. The van der Waals surface area contributed by atoms with Crippen molar-refractivity contribution >= 4 is 36.8 Å². The maximum Gasteiger partial charge on any atom is 0.481 e. The van der Waals surface area contributed by atoms with Gasteiger partial charge < -0.3 is 57.4 Å². The first-order chi connectivity index (χ1) is 28.8. The van der Waals surface area contributed by atoms with Crippen molar-refractivity contribution in [3.05, 3.63) is 35.9 Å². The zero-order valence-electron chi connectivity index (χ0n) is 37.5. The van der Waals surface area contributed by atoms with Gasteiger partial charge in [0.05, 0.1) is 23.8 Å². The predicted molar refractivity (Wildman–Crippen MR) is 234 cm³/mol. The SMILES string of the molecule is C[C@H](NC(=O)[C@H](CCCCN)NC(=O)[C@H](C)NC(=O)[C@@H](NC(=O)[C@H](CCCCN)NC(=O)N1CCC(C)(c2ccccc2)CC1)[C@@H](C)O)B1O[C@@H]2C[C@@H]3C[C@@H](C3(C)C)[C@]2(C)O1. The summed E-state index contributed by atoms with van der Waals surface area (Å²) in [5.74, 6) is -2.06. The van der Waals surface area contributed by atoms with Crippen molar-refractivity contribution < 1.29 is 38.4 Å². The second kappa shape index (κ2) is 20.6. The number of carbonyl (C=O) groups excluding carboxylic acids is 5. The summed E-state index contributed by atoms with van der Waals surface area (Å²) in [6.45, 7) is 15.4. The van der Waals surface area contributed by atoms with E-state index in [0.29, 0.717) is 70.1 Å². The van der Waals surface area contributed by atoms with Crippen LogP contribution in [0.15, 0.2) is 30.3 Å². The molecule has 1 aromatic rings. The Morgan fingerprint density at radius 2 is 1.38 bits per heavy atom. The predicted octanol–water partition coefficient (Wildman–Crippen LogP) is 2.00. The fourth-order valence-corrected chi connectivity index (χ4v) is 9.93. The number of nitrogens with one attached hydrogen (secondary N) is 5. The van der Waals surface area contributed by atoms with E-state index in [1.165, 1.54) is 19.4 Å². The fraction of sp³-hybridized carbons (Fsp3) is 0.750. The molecule has 0 unspecified atom stereocenters. The number of amides is 6. The first kappa shape index (κ1) is 48.3. The average molecular weight is 853 g/mol. The van der Waals surface area contributed by atoms with Crippen molar-refractivity contribution in [1.29, 1.82) is 0 Å². The van der Waals surface area contributed by atoms with E-state index in [1.807, 2.05) is 25.1 Å². The van der Waals surface area contributed by atoms with Crippen molar-refractivity contribution in [1.82, 2.24) is 31.5 Å². The van der Waals surface area contributed by atoms with Crippen LogP contribution in [0.3, 0.4) is 0 Å². The van der Waals surface area contributed by atoms with Gasteiger partial charge in [-0.15, -0.1) is 0 Å². The van der Waals surface area contributed by atoms with Crippen LogP contribution in [-0.2, 0) is 33.9 Å². The molecule has 1 aromatic carbocycles. The third-order valence-electron chi connectivity index (χ3n) is 14.3. The lowest BCUT2D eigenvalue weighted by Gasteiger charge is -2.64. The standard InChI is InChI=1S/C44H73BN8O8/c1-27(37(55)50-32(17-11-13-21-46)38(56)49-29(3)45-60-35-26-31-25-34(42(31,4)5)44(35,7)61-45)48-40(58)36(28(2)54)52-39(57)33(18-12-14-22-47)51-41(59)53-23-19-43(6,20-24-53)30-15-9-8-10-16-30/h8-10,15-16,27-29,31-36,54H,11-14,17-26,46-47H2,1-7H3,(H,48,58)(H,49,56)(H,50,55)(H,51,59)(H,52,57)/t27-,28+,29-,31-,32-,33-,34-,35+,36-,44-/m0/s1. The van der Waals surface area contributed by atoms with Crippen molar-refractivity contribution in [2.45, 2.75) is 166 Å². The van der Waals surface area contributed by atoms with Crippen LogP contribution in [0, 0.1) is 17.3 Å². The zero-order chi connectivity index (χ0) is 44.7. The van der Waals surface area contributed by atoms with Gasteiger partial charge in [-0.2, -0.15) is 0 Å². The number of carbonyl (C=O) groups is 5. The quantitative estimate of drug-likeness (QED) is 0.0702. The lowest BCUT2D eigenvalue weighted by atomic mass is 9.43. The molecular weight excluding hydrogens is 779 g/mol. The van der Waals surface area contributed by atoms with Gasteiger partial charge >= 0.3 is 13.1 Å². The number of benzene rings is 1. The largest absolute Gasteiger partial charge is 0.481 e. The smallest absolute Gasteiger partial charge is 0.404 e. The van der Waals surface area contributed by atoms with Gasteiger partial charge in [0.25, 0.3) is 0 Å². The number of nitrogens with zero attached hydrogens (tertiary/aromatic N) is 1. The Balaban J connectivity index is 1.15. The third kappa shape index (κ3) is 11.3. The minimum absolute atomic E-state index is 0.0496. The number of aliphatic hydroxyl groups is 1. The van der Waals surface area contributed by atoms with Gasteiger partial charge in [0.2, 0.25) is 23.6 Å². The zero-order valence-corrected chi connectivity index (χ0v) is 37.5. The number of rotatable bonds is 20. The van der Waals surface area contributed by atoms with Gasteiger partial charge in [-0.25, -0.2) is 4.79 Å². The van der Waals surface area contributed by atoms with Crippen LogP contribution in [0.25, 0.3) is 0 Å². The Morgan fingerprint density at radius 1 is 0.787 bits per heavy atom. The molecule has 3 saturated carbocycles. The highest BCUT2D eigenvalue weighted by Gasteiger charge is 2.68. The van der Waals surface area contributed by atoms with Crippen LogP contribution in [0.1, 0.15) is 118 Å². The number of unbranched alkanes of at least 4 members (excludes halogenated alkanes) is 2. The van der Waals surface area contributed by atoms with E-state index in [4.69, 9.17) is 20.8 Å². The van der Waals surface area contributed by atoms with Crippen molar-refractivity contribution in [3.63, 3.8) is 0 Å². The molecule has 61 heavy (non-hydrogen) atoms. The van der Waals surface area contributed by atoms with Gasteiger partial charge in [0.15, 0.2) is 0 Å². The lowest BCUT2D eigenvalue weighted by Crippen LogP contribution is -2.65. The maximum atomic E-state index is 13.7. The van der Waals surface area contributed by atoms with E-state index in [2.05, 4.69) is 66.4 Å². The van der Waals surface area contributed by atoms with Crippen molar-refractivity contribution in [2.24, 2.45) is 28.7 Å². The van der Waals surface area contributed by atoms with Gasteiger partial charge in [-0.3, -0.25) is 19.2 Å². The van der Waals surface area contributed by atoms with Crippen LogP contribution in [-0.4, -0.2) is 121 Å². The Kier molecular flexibility index (Phi) is 16.3. The first-order valence-corrected chi connectivity index (χ1v) is 22.6. The number of aliphatic hydroxyl groups excluding tert-OH is 1. The molecule has 0 radical (unpaired) electrons. The van der Waals surface area contributed by atoms with Gasteiger partial charge in [0, 0.05) is 13.1 Å². The van der Waals surface area contributed by atoms with Crippen LogP contribution in [0.2, 0.25) is 0 Å². The molecule has 17 heteroatoms. The number of urea groups is 1. The minimum Gasteiger partial charge on any atom is -0.404 e. The number of likely N-dealkylation sites (tertiary alicyclic amines) is 1. The molecule has 10 N–H and O–H groups in total. The number of nitrogens with two attached hydrogens (primary N) is 2. The summed E-state index contributed by atoms with van der Waals surface area (Å²) in [4.78, 5) is 69.8. The van der Waals surface area contributed by atoms with E-state index in [9.17, 15) is 29.1 Å². The van der Waals surface area contributed by atoms with Gasteiger partial charge in [-0.1, -0.05) is 51.1 Å². The monoisotopic (exact) mass is 853 g/mol. The first-order valence-electron chi connectivity index (χ1n) is 22.6. The molecule has 340 valence electrons. The van der Waals surface area contributed by atoms with Crippen LogP contribution < -0.4 is 38.1 Å². The minimum atomic E-state index is -1.45. The second-order valence-corrected chi connectivity index (χ2v) is 19.1. The molecule has 6 rings (SSSR count). The summed E-state index contributed by atoms with van der Waals surface area (Å²) < 4.78 is 12.9. The molecule has 6 amide bonds. The molecule has 5 aliphatic rings. The Bertz CT molecular complexity index is 1680. The maximum absolute atomic E-state index is 13.7. The average Bonchev–Trinajstić information content (AvgIpc) is 3.60. The molecule has 2 bridgehead atoms. The van der Waals surface area contributed by atoms with Crippen LogP contribution in [0.4, 0.5) is 4.79 Å². The molecule has 5 fully saturated rings. The fourth-order valence-electron chi connectivity index (χ4n) is 9.93. The molecule has 2 heterocycles. The highest BCUT2D eigenvalue weighted by Crippen LogP contribution is 2.65. The topological polar surface area (TPSA) is 239 Å². The highest BCUT2D eigenvalue weighted by atomic mass is 16.7. The Hall–Kier alpha value is -3.77. The van der Waals surface area contributed by atoms with E-state index in [-0.39, 0.29) is 29.4 Å². The highest BCUT2D eigenvalue weighted by molar-refractivity contribution is 6.47. The molecule has 16 nitrogen and oxygen atoms in total. The molecule has 10 atom stereocenters. The van der Waals surface area contributed by atoms with Crippen LogP contribution >= 0.6 is 0 Å². The Labute approximate surface area is 362 Å². The van der Waals surface area contributed by atoms with Crippen molar-refractivity contribution in [3.8, 4) is 0 Å². The molecule has 0 spiro atoms. The lowest BCUT2D eigenvalue weighted by molar-refractivity contribution is -0.199. The second-order valence-electron chi connectivity index (χ2n) is 19.1. The number of piperidine rings is 1. The summed E-state index contributed by atoms with van der Waals surface area (Å²) >= 11 is 0. The van der Waals surface area contributed by atoms with E-state index >= 15 is 0 Å². The van der Waals surface area contributed by atoms with Crippen molar-refractivity contribution in [2.75, 3.05) is 26.2 Å². The Morgan fingerprint density at radius 3 is 1.95 bits per heavy atom. The molecule has 2 aliphatic heterocycles. The molecular formula is C44H73BN8O8. The van der Waals surface area contributed by atoms with Gasteiger partial charge in [-0.05, 0) is 133 Å². The summed E-state index contributed by atoms with van der Waals surface area (Å²) in [6, 6.07) is 5.29. The molecule has 3 aliphatic carbocycles. The van der Waals surface area contributed by atoms with Crippen LogP contribution in [0.5, 0.6) is 0 Å². The summed E-state index contributed by atoms with van der Waals surface area (Å²) in [5.41, 5.74) is 12.3. The van der Waals surface area contributed by atoms with E-state index in [0.717, 1.165) is 25.7 Å². The summed E-state index contributed by atoms with van der Waals surface area (Å²) in [6.07, 6.45) is 5.09.